The second-order valence-electron chi connectivity index (χ2n) is 2.29. The molecule has 1 amide bonds. The average molecular weight is 154 g/mol. The lowest BCUT2D eigenvalue weighted by Crippen LogP contribution is -2.18. The Kier molecular flexibility index (Phi) is 1.05. The Morgan fingerprint density at radius 1 is 1.80 bits per heavy atom. The quantitative estimate of drug-likeness (QED) is 0.552. The van der Waals surface area contributed by atoms with Gasteiger partial charge in [-0.25, -0.2) is 4.98 Å². The molecular formula is C6H6N2OS. The first-order chi connectivity index (χ1) is 4.79. The summed E-state index contributed by atoms with van der Waals surface area (Å²) in [7, 11) is 1.79. The van der Waals surface area contributed by atoms with Crippen molar-refractivity contribution in [3.8, 4) is 0 Å². The number of carbonyl (C=O) groups is 1. The van der Waals surface area contributed by atoms with E-state index in [0.717, 1.165) is 11.4 Å². The number of thiazole rings is 1. The van der Waals surface area contributed by atoms with Crippen LogP contribution in [0, 0.1) is 0 Å². The van der Waals surface area contributed by atoms with E-state index in [9.17, 15) is 4.79 Å². The number of rotatable bonds is 0. The van der Waals surface area contributed by atoms with Crippen LogP contribution in [-0.2, 0) is 6.54 Å². The van der Waals surface area contributed by atoms with E-state index >= 15 is 0 Å². The first kappa shape index (κ1) is 5.85. The Labute approximate surface area is 62.3 Å². The summed E-state index contributed by atoms with van der Waals surface area (Å²) in [5.74, 6) is 0.0521. The van der Waals surface area contributed by atoms with Gasteiger partial charge in [0.15, 0.2) is 0 Å². The van der Waals surface area contributed by atoms with Crippen molar-refractivity contribution in [2.75, 3.05) is 7.05 Å². The predicted octanol–water partition coefficient (Wildman–Crippen LogP) is 0.729. The maximum Gasteiger partial charge on any atom is 0.273 e. The normalized spacial score (nSPS) is 16.1. The Morgan fingerprint density at radius 2 is 2.60 bits per heavy atom. The molecule has 1 aromatic rings. The van der Waals surface area contributed by atoms with Crippen LogP contribution in [0.1, 0.15) is 15.4 Å². The Balaban J connectivity index is 2.53. The van der Waals surface area contributed by atoms with Crippen molar-refractivity contribution in [2.45, 2.75) is 6.54 Å². The first-order valence-electron chi connectivity index (χ1n) is 2.97. The molecule has 1 aliphatic rings. The molecule has 3 nitrogen and oxygen atoms in total. The smallest absolute Gasteiger partial charge is 0.273 e. The van der Waals surface area contributed by atoms with Crippen molar-refractivity contribution >= 4 is 17.2 Å². The van der Waals surface area contributed by atoms with Gasteiger partial charge in [-0.1, -0.05) is 0 Å². The molecule has 0 bridgehead atoms. The monoisotopic (exact) mass is 154 g/mol. The summed E-state index contributed by atoms with van der Waals surface area (Å²) in [5.41, 5.74) is 2.36. The molecule has 2 heterocycles. The lowest BCUT2D eigenvalue weighted by Gasteiger charge is -2.04. The molecule has 0 spiro atoms. The van der Waals surface area contributed by atoms with Crippen LogP contribution in [0.5, 0.6) is 0 Å². The second-order valence-corrected chi connectivity index (χ2v) is 3.22. The first-order valence-corrected chi connectivity index (χ1v) is 3.85. The molecule has 0 aliphatic carbocycles. The van der Waals surface area contributed by atoms with Crippen LogP contribution >= 0.6 is 11.3 Å². The highest BCUT2D eigenvalue weighted by molar-refractivity contribution is 7.10. The van der Waals surface area contributed by atoms with Gasteiger partial charge in [0, 0.05) is 7.05 Å². The maximum atomic E-state index is 11.1. The fourth-order valence-electron chi connectivity index (χ4n) is 1.03. The number of amides is 1. The highest BCUT2D eigenvalue weighted by Gasteiger charge is 2.26. The molecule has 0 radical (unpaired) electrons. The van der Waals surface area contributed by atoms with E-state index in [1.807, 2.05) is 0 Å². The summed E-state index contributed by atoms with van der Waals surface area (Å²) in [5, 5.41) is 0. The van der Waals surface area contributed by atoms with E-state index < -0.39 is 0 Å². The minimum atomic E-state index is 0.0521. The van der Waals surface area contributed by atoms with Gasteiger partial charge in [0.1, 0.15) is 5.69 Å². The Hall–Kier alpha value is -0.900. The summed E-state index contributed by atoms with van der Waals surface area (Å²) in [4.78, 5) is 17.8. The second kappa shape index (κ2) is 1.79. The molecule has 52 valence electrons. The van der Waals surface area contributed by atoms with E-state index in [0.29, 0.717) is 5.69 Å². The fourth-order valence-corrected chi connectivity index (χ4v) is 1.83. The van der Waals surface area contributed by atoms with Gasteiger partial charge >= 0.3 is 0 Å². The third kappa shape index (κ3) is 0.593. The molecule has 0 saturated heterocycles. The van der Waals surface area contributed by atoms with Gasteiger partial charge in [-0.05, 0) is 0 Å². The zero-order valence-corrected chi connectivity index (χ0v) is 6.31. The topological polar surface area (TPSA) is 33.2 Å². The highest BCUT2D eigenvalue weighted by Crippen LogP contribution is 2.23. The van der Waals surface area contributed by atoms with E-state index in [1.165, 1.54) is 0 Å². The van der Waals surface area contributed by atoms with Gasteiger partial charge in [-0.2, -0.15) is 0 Å². The number of hydrogen-bond acceptors (Lipinski definition) is 3. The lowest BCUT2D eigenvalue weighted by molar-refractivity contribution is 0.0812. The molecule has 1 aromatic heterocycles. The van der Waals surface area contributed by atoms with Crippen molar-refractivity contribution in [3.63, 3.8) is 0 Å². The van der Waals surface area contributed by atoms with Crippen LogP contribution in [0.25, 0.3) is 0 Å². The average Bonchev–Trinajstić information content (AvgIpc) is 2.41. The molecular weight excluding hydrogens is 148 g/mol. The van der Waals surface area contributed by atoms with Crippen molar-refractivity contribution in [1.29, 1.82) is 0 Å². The molecule has 0 unspecified atom stereocenters. The standard InChI is InChI=1S/C6H6N2OS/c1-8-2-4-5(6(8)9)7-3-10-4/h3H,2H2,1H3. The summed E-state index contributed by atoms with van der Waals surface area (Å²) in [6.07, 6.45) is 0. The van der Waals surface area contributed by atoms with Gasteiger partial charge in [0.2, 0.25) is 0 Å². The largest absolute Gasteiger partial charge is 0.335 e. The Morgan fingerprint density at radius 3 is 3.30 bits per heavy atom. The summed E-state index contributed by atoms with van der Waals surface area (Å²) >= 11 is 1.55. The van der Waals surface area contributed by atoms with Gasteiger partial charge in [0.25, 0.3) is 5.91 Å². The number of aromatic nitrogens is 1. The van der Waals surface area contributed by atoms with Crippen LogP contribution in [0.4, 0.5) is 0 Å². The number of fused-ring (bicyclic) bond motifs is 1. The summed E-state index contributed by atoms with van der Waals surface area (Å²) < 4.78 is 0. The molecule has 0 fully saturated rings. The maximum absolute atomic E-state index is 11.1. The molecule has 0 N–H and O–H groups in total. The molecule has 10 heavy (non-hydrogen) atoms. The molecule has 2 rings (SSSR count). The zero-order chi connectivity index (χ0) is 7.14. The number of nitrogens with zero attached hydrogens (tertiary/aromatic N) is 2. The minimum Gasteiger partial charge on any atom is -0.335 e. The third-order valence-electron chi connectivity index (χ3n) is 1.57. The Bertz CT molecular complexity index is 281. The van der Waals surface area contributed by atoms with E-state index in [-0.39, 0.29) is 5.91 Å². The van der Waals surface area contributed by atoms with Crippen molar-refractivity contribution in [1.82, 2.24) is 9.88 Å². The van der Waals surface area contributed by atoms with Crippen LogP contribution in [0.3, 0.4) is 0 Å². The van der Waals surface area contributed by atoms with Gasteiger partial charge in [0.05, 0.1) is 16.9 Å². The van der Waals surface area contributed by atoms with Crippen molar-refractivity contribution < 1.29 is 4.79 Å². The van der Waals surface area contributed by atoms with E-state index in [2.05, 4.69) is 4.98 Å². The van der Waals surface area contributed by atoms with Crippen LogP contribution in [0.2, 0.25) is 0 Å². The van der Waals surface area contributed by atoms with Crippen LogP contribution in [-0.4, -0.2) is 22.8 Å². The number of hydrogen-bond donors (Lipinski definition) is 0. The number of carbonyl (C=O) groups excluding carboxylic acids is 1. The molecule has 4 heteroatoms. The zero-order valence-electron chi connectivity index (χ0n) is 5.50. The SMILES string of the molecule is CN1Cc2scnc2C1=O. The fraction of sp³-hybridized carbons (Fsp3) is 0.333. The van der Waals surface area contributed by atoms with E-state index in [4.69, 9.17) is 0 Å². The molecule has 0 aromatic carbocycles. The summed E-state index contributed by atoms with van der Waals surface area (Å²) in [6, 6.07) is 0. The third-order valence-corrected chi connectivity index (χ3v) is 2.39. The van der Waals surface area contributed by atoms with Crippen molar-refractivity contribution in [3.05, 3.63) is 16.1 Å². The highest BCUT2D eigenvalue weighted by atomic mass is 32.1. The van der Waals surface area contributed by atoms with Crippen LogP contribution < -0.4 is 0 Å². The van der Waals surface area contributed by atoms with Crippen molar-refractivity contribution in [2.24, 2.45) is 0 Å². The molecule has 1 aliphatic heterocycles. The van der Waals surface area contributed by atoms with E-state index in [1.54, 1.807) is 28.8 Å². The van der Waals surface area contributed by atoms with Crippen LogP contribution in [0.15, 0.2) is 5.51 Å². The molecule has 0 saturated carbocycles. The summed E-state index contributed by atoms with van der Waals surface area (Å²) in [6.45, 7) is 0.735. The lowest BCUT2D eigenvalue weighted by atomic mass is 10.4. The van der Waals surface area contributed by atoms with Gasteiger partial charge in [-0.15, -0.1) is 11.3 Å². The predicted molar refractivity (Wildman–Crippen MR) is 37.9 cm³/mol. The van der Waals surface area contributed by atoms with Gasteiger partial charge < -0.3 is 4.90 Å². The molecule has 0 atom stereocenters. The van der Waals surface area contributed by atoms with Gasteiger partial charge in [-0.3, -0.25) is 4.79 Å². The minimum absolute atomic E-state index is 0.0521.